The first-order chi connectivity index (χ1) is 7.99. The molecular formula is C12H27NO3S. The number of ether oxygens (including phenoxy) is 1. The molecule has 2 N–H and O–H groups in total. The largest absolute Gasteiger partial charge is 0.381 e. The van der Waals surface area contributed by atoms with Gasteiger partial charge in [0.1, 0.15) is 0 Å². The third-order valence-electron chi connectivity index (χ3n) is 2.79. The van der Waals surface area contributed by atoms with Gasteiger partial charge in [0, 0.05) is 6.61 Å². The average Bonchev–Trinajstić information content (AvgIpc) is 2.24. The van der Waals surface area contributed by atoms with E-state index in [0.29, 0.717) is 6.61 Å². The van der Waals surface area contributed by atoms with E-state index in [1.165, 1.54) is 25.7 Å². The molecule has 0 bridgehead atoms. The minimum absolute atomic E-state index is 0.0271. The number of unbranched alkanes of at least 4 members (excludes halogenated alkanes) is 4. The Morgan fingerprint density at radius 2 is 1.76 bits per heavy atom. The first-order valence-electron chi connectivity index (χ1n) is 6.57. The molecular weight excluding hydrogens is 238 g/mol. The summed E-state index contributed by atoms with van der Waals surface area (Å²) in [6.07, 6.45) is 6.82. The Bertz CT molecular complexity index is 265. The number of rotatable bonds is 11. The van der Waals surface area contributed by atoms with Crippen LogP contribution in [0.15, 0.2) is 0 Å². The lowest BCUT2D eigenvalue weighted by Crippen LogP contribution is -2.25. The van der Waals surface area contributed by atoms with Crippen LogP contribution in [0.2, 0.25) is 0 Å². The summed E-state index contributed by atoms with van der Waals surface area (Å²) in [4.78, 5) is 0. The third kappa shape index (κ3) is 12.1. The van der Waals surface area contributed by atoms with Gasteiger partial charge in [-0.25, -0.2) is 13.6 Å². The van der Waals surface area contributed by atoms with Gasteiger partial charge in [-0.1, -0.05) is 46.0 Å². The molecule has 0 aliphatic rings. The van der Waals surface area contributed by atoms with Crippen molar-refractivity contribution >= 4 is 10.0 Å². The van der Waals surface area contributed by atoms with Crippen molar-refractivity contribution in [2.24, 2.45) is 11.1 Å². The van der Waals surface area contributed by atoms with Crippen LogP contribution in [0.25, 0.3) is 0 Å². The van der Waals surface area contributed by atoms with Gasteiger partial charge in [0.2, 0.25) is 10.0 Å². The topological polar surface area (TPSA) is 69.4 Å². The van der Waals surface area contributed by atoms with Crippen molar-refractivity contribution in [2.45, 2.75) is 52.4 Å². The fourth-order valence-electron chi connectivity index (χ4n) is 1.67. The number of sulfonamides is 1. The van der Waals surface area contributed by atoms with Crippen LogP contribution in [0.3, 0.4) is 0 Å². The molecule has 0 aromatic carbocycles. The zero-order valence-electron chi connectivity index (χ0n) is 11.2. The predicted octanol–water partition coefficient (Wildman–Crippen LogP) is 2.29. The summed E-state index contributed by atoms with van der Waals surface area (Å²) >= 11 is 0. The van der Waals surface area contributed by atoms with Crippen LogP contribution in [-0.2, 0) is 14.8 Å². The second-order valence-corrected chi connectivity index (χ2v) is 6.25. The van der Waals surface area contributed by atoms with Gasteiger partial charge in [-0.2, -0.15) is 0 Å². The fourth-order valence-corrected chi connectivity index (χ4v) is 2.66. The van der Waals surface area contributed by atoms with Crippen molar-refractivity contribution in [1.29, 1.82) is 0 Å². The van der Waals surface area contributed by atoms with Crippen molar-refractivity contribution in [3.05, 3.63) is 0 Å². The van der Waals surface area contributed by atoms with E-state index in [2.05, 4.69) is 6.92 Å². The third-order valence-corrected chi connectivity index (χ3v) is 3.73. The van der Waals surface area contributed by atoms with Crippen LogP contribution in [0.4, 0.5) is 0 Å². The molecule has 5 heteroatoms. The molecule has 1 unspecified atom stereocenters. The SMILES string of the molecule is CCCCCCCOCC(CC)CS(N)(=O)=O. The summed E-state index contributed by atoms with van der Waals surface area (Å²) in [6.45, 7) is 5.38. The molecule has 0 amide bonds. The number of primary sulfonamides is 1. The highest BCUT2D eigenvalue weighted by atomic mass is 32.2. The predicted molar refractivity (Wildman–Crippen MR) is 71.3 cm³/mol. The van der Waals surface area contributed by atoms with Gasteiger partial charge in [-0.15, -0.1) is 0 Å². The quantitative estimate of drug-likeness (QED) is 0.583. The number of nitrogens with two attached hydrogens (primary N) is 1. The monoisotopic (exact) mass is 265 g/mol. The van der Waals surface area contributed by atoms with Crippen LogP contribution in [0.5, 0.6) is 0 Å². The highest BCUT2D eigenvalue weighted by Gasteiger charge is 2.13. The molecule has 17 heavy (non-hydrogen) atoms. The molecule has 104 valence electrons. The van der Waals surface area contributed by atoms with E-state index >= 15 is 0 Å². The van der Waals surface area contributed by atoms with Crippen LogP contribution < -0.4 is 5.14 Å². The molecule has 0 spiro atoms. The maximum atomic E-state index is 10.9. The zero-order chi connectivity index (χ0) is 13.1. The lowest BCUT2D eigenvalue weighted by atomic mass is 10.1. The van der Waals surface area contributed by atoms with E-state index in [9.17, 15) is 8.42 Å². The summed E-state index contributed by atoms with van der Waals surface area (Å²) in [5, 5.41) is 5.01. The second-order valence-electron chi connectivity index (χ2n) is 4.59. The number of hydrogen-bond donors (Lipinski definition) is 1. The molecule has 0 aromatic rings. The summed E-state index contributed by atoms with van der Waals surface area (Å²) in [5.41, 5.74) is 0. The van der Waals surface area contributed by atoms with Crippen molar-refractivity contribution in [3.8, 4) is 0 Å². The molecule has 0 saturated heterocycles. The maximum Gasteiger partial charge on any atom is 0.209 e. The van der Waals surface area contributed by atoms with Gasteiger partial charge in [-0.05, 0) is 12.3 Å². The summed E-state index contributed by atoms with van der Waals surface area (Å²) in [5.74, 6) is 0.0555. The Hall–Kier alpha value is -0.130. The average molecular weight is 265 g/mol. The molecule has 4 nitrogen and oxygen atoms in total. The van der Waals surface area contributed by atoms with Gasteiger partial charge in [-0.3, -0.25) is 0 Å². The Morgan fingerprint density at radius 1 is 1.12 bits per heavy atom. The summed E-state index contributed by atoms with van der Waals surface area (Å²) in [7, 11) is -3.37. The van der Waals surface area contributed by atoms with Crippen molar-refractivity contribution in [3.63, 3.8) is 0 Å². The molecule has 0 rings (SSSR count). The van der Waals surface area contributed by atoms with Crippen LogP contribution in [-0.4, -0.2) is 27.4 Å². The van der Waals surface area contributed by atoms with E-state index in [4.69, 9.17) is 9.88 Å². The minimum Gasteiger partial charge on any atom is -0.381 e. The van der Waals surface area contributed by atoms with E-state index in [0.717, 1.165) is 19.4 Å². The van der Waals surface area contributed by atoms with Gasteiger partial charge in [0.05, 0.1) is 12.4 Å². The van der Waals surface area contributed by atoms with Crippen molar-refractivity contribution in [1.82, 2.24) is 0 Å². The molecule has 0 fully saturated rings. The zero-order valence-corrected chi connectivity index (χ0v) is 12.0. The normalized spacial score (nSPS) is 13.8. The Kier molecular flexibility index (Phi) is 9.78. The first-order valence-corrected chi connectivity index (χ1v) is 8.29. The van der Waals surface area contributed by atoms with E-state index in [-0.39, 0.29) is 11.7 Å². The highest BCUT2D eigenvalue weighted by Crippen LogP contribution is 2.07. The first kappa shape index (κ1) is 16.9. The second kappa shape index (κ2) is 9.85. The molecule has 0 saturated carbocycles. The molecule has 0 radical (unpaired) electrons. The van der Waals surface area contributed by atoms with E-state index in [1.807, 2.05) is 6.92 Å². The fraction of sp³-hybridized carbons (Fsp3) is 1.00. The van der Waals surface area contributed by atoms with Crippen molar-refractivity contribution in [2.75, 3.05) is 19.0 Å². The van der Waals surface area contributed by atoms with Crippen molar-refractivity contribution < 1.29 is 13.2 Å². The maximum absolute atomic E-state index is 10.9. The molecule has 0 aliphatic heterocycles. The van der Waals surface area contributed by atoms with Gasteiger partial charge in [0.25, 0.3) is 0 Å². The smallest absolute Gasteiger partial charge is 0.209 e. The lowest BCUT2D eigenvalue weighted by molar-refractivity contribution is 0.101. The van der Waals surface area contributed by atoms with E-state index < -0.39 is 10.0 Å². The Balaban J connectivity index is 3.50. The van der Waals surface area contributed by atoms with Gasteiger partial charge in [0.15, 0.2) is 0 Å². The molecule has 0 aliphatic carbocycles. The highest BCUT2D eigenvalue weighted by molar-refractivity contribution is 7.89. The Morgan fingerprint density at radius 3 is 2.29 bits per heavy atom. The molecule has 0 aromatic heterocycles. The van der Waals surface area contributed by atoms with Crippen LogP contribution >= 0.6 is 0 Å². The van der Waals surface area contributed by atoms with E-state index in [1.54, 1.807) is 0 Å². The lowest BCUT2D eigenvalue weighted by Gasteiger charge is -2.13. The van der Waals surface area contributed by atoms with Gasteiger partial charge >= 0.3 is 0 Å². The summed E-state index contributed by atoms with van der Waals surface area (Å²) < 4.78 is 27.4. The van der Waals surface area contributed by atoms with Crippen LogP contribution in [0, 0.1) is 5.92 Å². The molecule has 1 atom stereocenters. The molecule has 0 heterocycles. The minimum atomic E-state index is -3.37. The summed E-state index contributed by atoms with van der Waals surface area (Å²) in [6, 6.07) is 0. The standard InChI is InChI=1S/C12H27NO3S/c1-3-5-6-7-8-9-16-10-12(4-2)11-17(13,14)15/h12H,3-11H2,1-2H3,(H2,13,14,15). The Labute approximate surface area is 106 Å². The van der Waals surface area contributed by atoms with Crippen LogP contribution in [0.1, 0.15) is 52.4 Å². The van der Waals surface area contributed by atoms with Gasteiger partial charge < -0.3 is 4.74 Å². The number of hydrogen-bond acceptors (Lipinski definition) is 3.